The third-order valence-corrected chi connectivity index (χ3v) is 4.10. The Bertz CT molecular complexity index is 609. The molecule has 0 radical (unpaired) electrons. The number of anilines is 1. The van der Waals surface area contributed by atoms with E-state index in [4.69, 9.17) is 4.98 Å². The van der Waals surface area contributed by atoms with Crippen molar-refractivity contribution in [2.45, 2.75) is 39.4 Å². The summed E-state index contributed by atoms with van der Waals surface area (Å²) in [5.74, 6) is 0. The highest BCUT2D eigenvalue weighted by Gasteiger charge is 2.25. The fourth-order valence-corrected chi connectivity index (χ4v) is 3.01. The molecule has 0 fully saturated rings. The number of nitrogens with zero attached hydrogens (tertiary/aromatic N) is 2. The van der Waals surface area contributed by atoms with Crippen molar-refractivity contribution in [2.75, 3.05) is 11.4 Å². The van der Waals surface area contributed by atoms with Crippen LogP contribution in [0.5, 0.6) is 0 Å². The van der Waals surface area contributed by atoms with Crippen LogP contribution in [-0.4, -0.2) is 17.6 Å². The molecule has 1 unspecified atom stereocenters. The first-order chi connectivity index (χ1) is 10.3. The zero-order chi connectivity index (χ0) is 14.7. The van der Waals surface area contributed by atoms with Gasteiger partial charge < -0.3 is 10.2 Å². The van der Waals surface area contributed by atoms with Gasteiger partial charge >= 0.3 is 0 Å². The fourth-order valence-electron chi connectivity index (χ4n) is 3.01. The minimum atomic E-state index is 0.543. The van der Waals surface area contributed by atoms with Gasteiger partial charge in [-0.3, -0.25) is 4.98 Å². The monoisotopic (exact) mass is 281 g/mol. The number of nitrogens with one attached hydrogen (secondary N) is 1. The molecule has 0 amide bonds. The summed E-state index contributed by atoms with van der Waals surface area (Å²) in [5.41, 5.74) is 5.08. The van der Waals surface area contributed by atoms with Gasteiger partial charge in [0, 0.05) is 18.3 Å². The van der Waals surface area contributed by atoms with Gasteiger partial charge in [-0.2, -0.15) is 0 Å². The third-order valence-electron chi connectivity index (χ3n) is 4.10. The normalized spacial score (nSPS) is 17.0. The van der Waals surface area contributed by atoms with Crippen LogP contribution in [0, 0.1) is 0 Å². The highest BCUT2D eigenvalue weighted by atomic mass is 15.2. The SMILES string of the molecule is CCNCc1cccc(CN2c3ccccc3CC2C)n1. The Morgan fingerprint density at radius 2 is 1.95 bits per heavy atom. The number of rotatable bonds is 5. The predicted molar refractivity (Wildman–Crippen MR) is 87.4 cm³/mol. The van der Waals surface area contributed by atoms with Crippen molar-refractivity contribution in [3.63, 3.8) is 0 Å². The van der Waals surface area contributed by atoms with E-state index in [1.165, 1.54) is 11.3 Å². The Kier molecular flexibility index (Phi) is 4.20. The molecule has 0 spiro atoms. The highest BCUT2D eigenvalue weighted by molar-refractivity contribution is 5.59. The lowest BCUT2D eigenvalue weighted by molar-refractivity contribution is 0.657. The second-order valence-corrected chi connectivity index (χ2v) is 5.71. The summed E-state index contributed by atoms with van der Waals surface area (Å²) in [6, 6.07) is 15.6. The van der Waals surface area contributed by atoms with Crippen molar-refractivity contribution in [3.8, 4) is 0 Å². The molecule has 21 heavy (non-hydrogen) atoms. The molecule has 1 aliphatic rings. The molecule has 2 aromatic rings. The van der Waals surface area contributed by atoms with Crippen LogP contribution < -0.4 is 10.2 Å². The van der Waals surface area contributed by atoms with Gasteiger partial charge in [0.25, 0.3) is 0 Å². The van der Waals surface area contributed by atoms with Crippen LogP contribution in [0.1, 0.15) is 30.8 Å². The van der Waals surface area contributed by atoms with Crippen molar-refractivity contribution in [1.82, 2.24) is 10.3 Å². The summed E-state index contributed by atoms with van der Waals surface area (Å²) in [6.07, 6.45) is 1.13. The van der Waals surface area contributed by atoms with E-state index in [1.807, 2.05) is 0 Å². The van der Waals surface area contributed by atoms with Crippen LogP contribution in [-0.2, 0) is 19.5 Å². The molecule has 1 aliphatic heterocycles. The van der Waals surface area contributed by atoms with E-state index in [-0.39, 0.29) is 0 Å². The van der Waals surface area contributed by atoms with Crippen LogP contribution in [0.25, 0.3) is 0 Å². The summed E-state index contributed by atoms with van der Waals surface area (Å²) in [6.45, 7) is 7.12. The lowest BCUT2D eigenvalue weighted by Gasteiger charge is -2.24. The van der Waals surface area contributed by atoms with Gasteiger partial charge in [-0.1, -0.05) is 31.2 Å². The first-order valence-corrected chi connectivity index (χ1v) is 7.78. The molecule has 2 heterocycles. The Hall–Kier alpha value is -1.87. The smallest absolute Gasteiger partial charge is 0.0605 e. The summed E-state index contributed by atoms with van der Waals surface area (Å²) < 4.78 is 0. The van der Waals surface area contributed by atoms with Gasteiger partial charge in [0.05, 0.1) is 17.9 Å². The highest BCUT2D eigenvalue weighted by Crippen LogP contribution is 2.32. The Labute approximate surface area is 127 Å². The van der Waals surface area contributed by atoms with E-state index in [1.54, 1.807) is 0 Å². The summed E-state index contributed by atoms with van der Waals surface area (Å²) in [4.78, 5) is 7.24. The molecule has 3 rings (SSSR count). The summed E-state index contributed by atoms with van der Waals surface area (Å²) in [7, 11) is 0. The number of fused-ring (bicyclic) bond motifs is 1. The van der Waals surface area contributed by atoms with E-state index in [9.17, 15) is 0 Å². The fraction of sp³-hybridized carbons (Fsp3) is 0.389. The zero-order valence-corrected chi connectivity index (χ0v) is 12.8. The molecule has 0 bridgehead atoms. The molecule has 1 aromatic heterocycles. The minimum Gasteiger partial charge on any atom is -0.362 e. The average molecular weight is 281 g/mol. The number of hydrogen-bond donors (Lipinski definition) is 1. The maximum absolute atomic E-state index is 4.78. The standard InChI is InChI=1S/C18H23N3/c1-3-19-12-16-8-6-9-17(20-16)13-21-14(2)11-15-7-4-5-10-18(15)21/h4-10,14,19H,3,11-13H2,1-2H3. The number of benzene rings is 1. The van der Waals surface area contributed by atoms with Crippen LogP contribution in [0.15, 0.2) is 42.5 Å². The molecular weight excluding hydrogens is 258 g/mol. The van der Waals surface area contributed by atoms with Gasteiger partial charge in [0.15, 0.2) is 0 Å². The van der Waals surface area contributed by atoms with Crippen LogP contribution >= 0.6 is 0 Å². The molecular formula is C18H23N3. The van der Waals surface area contributed by atoms with E-state index in [0.29, 0.717) is 6.04 Å². The third kappa shape index (κ3) is 3.08. The minimum absolute atomic E-state index is 0.543. The lowest BCUT2D eigenvalue weighted by Crippen LogP contribution is -2.29. The second-order valence-electron chi connectivity index (χ2n) is 5.71. The van der Waals surface area contributed by atoms with Crippen molar-refractivity contribution >= 4 is 5.69 Å². The number of pyridine rings is 1. The van der Waals surface area contributed by atoms with Gasteiger partial charge in [0.2, 0.25) is 0 Å². The molecule has 3 nitrogen and oxygen atoms in total. The van der Waals surface area contributed by atoms with Gasteiger partial charge in [-0.05, 0) is 43.7 Å². The van der Waals surface area contributed by atoms with Crippen molar-refractivity contribution < 1.29 is 0 Å². The maximum atomic E-state index is 4.78. The van der Waals surface area contributed by atoms with E-state index in [0.717, 1.165) is 37.4 Å². The average Bonchev–Trinajstić information content (AvgIpc) is 2.82. The van der Waals surface area contributed by atoms with E-state index < -0.39 is 0 Å². The quantitative estimate of drug-likeness (QED) is 0.912. The number of aromatic nitrogens is 1. The topological polar surface area (TPSA) is 28.2 Å². The van der Waals surface area contributed by atoms with Gasteiger partial charge in [0.1, 0.15) is 0 Å². The molecule has 0 aliphatic carbocycles. The van der Waals surface area contributed by atoms with Crippen LogP contribution in [0.4, 0.5) is 5.69 Å². The summed E-state index contributed by atoms with van der Waals surface area (Å²) >= 11 is 0. The molecule has 0 saturated carbocycles. The lowest BCUT2D eigenvalue weighted by atomic mass is 10.1. The van der Waals surface area contributed by atoms with Crippen molar-refractivity contribution in [3.05, 3.63) is 59.4 Å². The van der Waals surface area contributed by atoms with Gasteiger partial charge in [-0.25, -0.2) is 0 Å². The zero-order valence-electron chi connectivity index (χ0n) is 12.8. The predicted octanol–water partition coefficient (Wildman–Crippen LogP) is 3.14. The second kappa shape index (κ2) is 6.27. The van der Waals surface area contributed by atoms with Crippen LogP contribution in [0.2, 0.25) is 0 Å². The Morgan fingerprint density at radius 1 is 1.14 bits per heavy atom. The first-order valence-electron chi connectivity index (χ1n) is 7.78. The van der Waals surface area contributed by atoms with Crippen molar-refractivity contribution in [1.29, 1.82) is 0 Å². The largest absolute Gasteiger partial charge is 0.362 e. The molecule has 3 heteroatoms. The number of hydrogen-bond acceptors (Lipinski definition) is 3. The van der Waals surface area contributed by atoms with Crippen molar-refractivity contribution in [2.24, 2.45) is 0 Å². The Morgan fingerprint density at radius 3 is 2.81 bits per heavy atom. The maximum Gasteiger partial charge on any atom is 0.0605 e. The van der Waals surface area contributed by atoms with E-state index in [2.05, 4.69) is 66.5 Å². The molecule has 1 aromatic carbocycles. The van der Waals surface area contributed by atoms with Crippen LogP contribution in [0.3, 0.4) is 0 Å². The molecule has 1 atom stereocenters. The first kappa shape index (κ1) is 14.1. The molecule has 0 saturated heterocycles. The number of para-hydroxylation sites is 1. The summed E-state index contributed by atoms with van der Waals surface area (Å²) in [5, 5.41) is 3.33. The Balaban J connectivity index is 1.77. The van der Waals surface area contributed by atoms with Gasteiger partial charge in [-0.15, -0.1) is 0 Å². The molecule has 110 valence electrons. The molecule has 1 N–H and O–H groups in total. The van der Waals surface area contributed by atoms with E-state index >= 15 is 0 Å².